The molecule has 2 aromatic carbocycles. The summed E-state index contributed by atoms with van der Waals surface area (Å²) >= 11 is 0. The van der Waals surface area contributed by atoms with Gasteiger partial charge in [-0.05, 0) is 23.8 Å². The zero-order chi connectivity index (χ0) is 15.3. The second-order valence-electron chi connectivity index (χ2n) is 5.12. The number of rotatable bonds is 2. The highest BCUT2D eigenvalue weighted by atomic mass is 19.1. The third-order valence-corrected chi connectivity index (χ3v) is 3.73. The summed E-state index contributed by atoms with van der Waals surface area (Å²) in [6.45, 7) is 0. The summed E-state index contributed by atoms with van der Waals surface area (Å²) < 4.78 is 24.5. The predicted molar refractivity (Wildman–Crippen MR) is 75.2 cm³/mol. The first-order chi connectivity index (χ1) is 10.6. The normalized spacial score (nSPS) is 16.5. The van der Waals surface area contributed by atoms with Gasteiger partial charge in [-0.15, -0.1) is 0 Å². The second-order valence-corrected chi connectivity index (χ2v) is 5.12. The van der Waals surface area contributed by atoms with Gasteiger partial charge in [0, 0.05) is 18.1 Å². The number of carboxylic acid groups (broad SMARTS) is 1. The Balaban J connectivity index is 1.86. The van der Waals surface area contributed by atoms with Gasteiger partial charge in [-0.2, -0.15) is 0 Å². The number of carbonyl (C=O) groups is 1. The van der Waals surface area contributed by atoms with Crippen molar-refractivity contribution in [1.29, 1.82) is 0 Å². The van der Waals surface area contributed by atoms with Gasteiger partial charge in [0.1, 0.15) is 17.3 Å². The van der Waals surface area contributed by atoms with Gasteiger partial charge in [0.05, 0.1) is 5.39 Å². The van der Waals surface area contributed by atoms with Crippen LogP contribution in [-0.2, 0) is 11.2 Å². The summed E-state index contributed by atoms with van der Waals surface area (Å²) in [5.41, 5.74) is 1.92. The van der Waals surface area contributed by atoms with Crippen LogP contribution in [0.15, 0.2) is 40.9 Å². The van der Waals surface area contributed by atoms with Crippen molar-refractivity contribution < 1.29 is 23.6 Å². The molecular weight excluding hydrogens is 289 g/mol. The van der Waals surface area contributed by atoms with E-state index >= 15 is 0 Å². The maximum Gasteiger partial charge on any atom is 0.345 e. The molecule has 3 aromatic rings. The highest BCUT2D eigenvalue weighted by molar-refractivity contribution is 5.93. The number of hydrogen-bond donors (Lipinski definition) is 1. The first-order valence-corrected chi connectivity index (χ1v) is 6.70. The summed E-state index contributed by atoms with van der Waals surface area (Å²) in [6.07, 6.45) is -0.631. The Hall–Kier alpha value is -2.89. The molecule has 5 nitrogen and oxygen atoms in total. The van der Waals surface area contributed by atoms with Crippen LogP contribution in [0.3, 0.4) is 0 Å². The highest BCUT2D eigenvalue weighted by Crippen LogP contribution is 2.37. The Morgan fingerprint density at radius 2 is 2.14 bits per heavy atom. The summed E-state index contributed by atoms with van der Waals surface area (Å²) in [4.78, 5) is 11.0. The van der Waals surface area contributed by atoms with Crippen molar-refractivity contribution in [3.8, 4) is 17.0 Å². The van der Waals surface area contributed by atoms with Crippen LogP contribution in [0.4, 0.5) is 4.39 Å². The largest absolute Gasteiger partial charge is 0.478 e. The van der Waals surface area contributed by atoms with Crippen LogP contribution in [0.25, 0.3) is 22.2 Å². The predicted octanol–water partition coefficient (Wildman–Crippen LogP) is 3.02. The van der Waals surface area contributed by atoms with Crippen LogP contribution < -0.4 is 4.74 Å². The fourth-order valence-electron chi connectivity index (χ4n) is 2.66. The minimum Gasteiger partial charge on any atom is -0.478 e. The number of fused-ring (bicyclic) bond motifs is 2. The van der Waals surface area contributed by atoms with Gasteiger partial charge >= 0.3 is 5.97 Å². The Morgan fingerprint density at radius 3 is 2.91 bits per heavy atom. The molecule has 1 N–H and O–H groups in total. The van der Waals surface area contributed by atoms with Gasteiger partial charge in [-0.3, -0.25) is 0 Å². The molecule has 6 heteroatoms. The highest BCUT2D eigenvalue weighted by Gasteiger charge is 2.30. The number of carboxylic acids is 1. The van der Waals surface area contributed by atoms with Gasteiger partial charge < -0.3 is 14.4 Å². The van der Waals surface area contributed by atoms with Crippen molar-refractivity contribution in [2.75, 3.05) is 0 Å². The molecule has 4 rings (SSSR count). The lowest BCUT2D eigenvalue weighted by atomic mass is 10.0. The molecule has 2 heterocycles. The standard InChI is InChI=1S/C16H10FNO4/c17-11-4-2-1-3-9(11)15-10-5-8-6-14(16(19)20)21-12(8)7-13(10)22-18-15/h1-5,7,14H,6H2,(H,19,20). The van der Waals surface area contributed by atoms with Crippen molar-refractivity contribution >= 4 is 16.9 Å². The topological polar surface area (TPSA) is 72.6 Å². The molecule has 1 aliphatic rings. The molecule has 0 saturated heterocycles. The molecule has 0 bridgehead atoms. The number of benzene rings is 2. The average molecular weight is 299 g/mol. The van der Waals surface area contributed by atoms with Crippen LogP contribution >= 0.6 is 0 Å². The molecule has 0 radical (unpaired) electrons. The molecule has 0 spiro atoms. The number of nitrogens with zero attached hydrogens (tertiary/aromatic N) is 1. The van der Waals surface area contributed by atoms with Crippen molar-refractivity contribution in [3.05, 3.63) is 47.8 Å². The van der Waals surface area contributed by atoms with E-state index in [0.717, 1.165) is 5.56 Å². The van der Waals surface area contributed by atoms with Gasteiger partial charge in [-0.1, -0.05) is 17.3 Å². The van der Waals surface area contributed by atoms with E-state index < -0.39 is 17.9 Å². The third-order valence-electron chi connectivity index (χ3n) is 3.73. The SMILES string of the molecule is O=C(O)C1Cc2cc3c(-c4ccccc4F)noc3cc2O1. The Morgan fingerprint density at radius 1 is 1.32 bits per heavy atom. The van der Waals surface area contributed by atoms with Crippen molar-refractivity contribution in [2.24, 2.45) is 0 Å². The molecule has 1 aromatic heterocycles. The quantitative estimate of drug-likeness (QED) is 0.787. The van der Waals surface area contributed by atoms with Gasteiger partial charge in [0.2, 0.25) is 0 Å². The van der Waals surface area contributed by atoms with Crippen LogP contribution in [-0.4, -0.2) is 22.3 Å². The van der Waals surface area contributed by atoms with E-state index in [-0.39, 0.29) is 6.42 Å². The van der Waals surface area contributed by atoms with Gasteiger partial charge in [-0.25, -0.2) is 9.18 Å². The lowest BCUT2D eigenvalue weighted by molar-refractivity contribution is -0.144. The molecule has 1 aliphatic heterocycles. The lowest BCUT2D eigenvalue weighted by Gasteiger charge is -2.03. The first-order valence-electron chi connectivity index (χ1n) is 6.70. The Kier molecular flexibility index (Phi) is 2.66. The maximum atomic E-state index is 13.9. The van der Waals surface area contributed by atoms with Crippen LogP contribution in [0, 0.1) is 5.82 Å². The molecule has 1 atom stereocenters. The van der Waals surface area contributed by atoms with E-state index in [2.05, 4.69) is 5.16 Å². The number of hydrogen-bond acceptors (Lipinski definition) is 4. The number of halogens is 1. The minimum atomic E-state index is -1.01. The van der Waals surface area contributed by atoms with E-state index in [1.807, 2.05) is 0 Å². The molecular formula is C16H10FNO4. The molecule has 0 fully saturated rings. The first kappa shape index (κ1) is 12.8. The van der Waals surface area contributed by atoms with Crippen LogP contribution in [0.1, 0.15) is 5.56 Å². The van der Waals surface area contributed by atoms with E-state index in [0.29, 0.717) is 28.0 Å². The minimum absolute atomic E-state index is 0.266. The smallest absolute Gasteiger partial charge is 0.345 e. The summed E-state index contributed by atoms with van der Waals surface area (Å²) in [7, 11) is 0. The number of aliphatic carboxylic acids is 1. The molecule has 0 amide bonds. The van der Waals surface area contributed by atoms with Gasteiger partial charge in [0.25, 0.3) is 0 Å². The molecule has 0 saturated carbocycles. The van der Waals surface area contributed by atoms with Gasteiger partial charge in [0.15, 0.2) is 11.7 Å². The second kappa shape index (κ2) is 4.56. The number of ether oxygens (including phenoxy) is 1. The zero-order valence-corrected chi connectivity index (χ0v) is 11.2. The molecule has 110 valence electrons. The van der Waals surface area contributed by atoms with Crippen molar-refractivity contribution in [3.63, 3.8) is 0 Å². The fraction of sp³-hybridized carbons (Fsp3) is 0.125. The number of aromatic nitrogens is 1. The lowest BCUT2D eigenvalue weighted by Crippen LogP contribution is -2.24. The monoisotopic (exact) mass is 299 g/mol. The average Bonchev–Trinajstić information content (AvgIpc) is 3.08. The van der Waals surface area contributed by atoms with E-state index in [4.69, 9.17) is 14.4 Å². The summed E-state index contributed by atoms with van der Waals surface area (Å²) in [6, 6.07) is 9.65. The van der Waals surface area contributed by atoms with Crippen molar-refractivity contribution in [2.45, 2.75) is 12.5 Å². The van der Waals surface area contributed by atoms with Crippen molar-refractivity contribution in [1.82, 2.24) is 5.16 Å². The molecule has 0 aliphatic carbocycles. The third kappa shape index (κ3) is 1.84. The van der Waals surface area contributed by atoms with E-state index in [1.54, 1.807) is 30.3 Å². The zero-order valence-electron chi connectivity index (χ0n) is 11.2. The van der Waals surface area contributed by atoms with E-state index in [1.165, 1.54) is 6.07 Å². The summed E-state index contributed by atoms with van der Waals surface area (Å²) in [5, 5.41) is 13.6. The maximum absolute atomic E-state index is 13.9. The summed E-state index contributed by atoms with van der Waals surface area (Å²) in [5.74, 6) is -0.936. The van der Waals surface area contributed by atoms with E-state index in [9.17, 15) is 9.18 Å². The molecule has 1 unspecified atom stereocenters. The Labute approximate surface area is 123 Å². The van der Waals surface area contributed by atoms with Crippen LogP contribution in [0.2, 0.25) is 0 Å². The Bertz CT molecular complexity index is 902. The fourth-order valence-corrected chi connectivity index (χ4v) is 2.66. The van der Waals surface area contributed by atoms with Crippen LogP contribution in [0.5, 0.6) is 5.75 Å². The molecule has 22 heavy (non-hydrogen) atoms.